The van der Waals surface area contributed by atoms with Crippen LogP contribution >= 0.6 is 0 Å². The zero-order chi connectivity index (χ0) is 21.8. The first-order valence-electron chi connectivity index (χ1n) is 10.5. The van der Waals surface area contributed by atoms with E-state index in [0.29, 0.717) is 25.3 Å². The Morgan fingerprint density at radius 3 is 2.48 bits per heavy atom. The van der Waals surface area contributed by atoms with Crippen molar-refractivity contribution < 1.29 is 4.79 Å². The Hall–Kier alpha value is -3.67. The molecule has 0 aliphatic heterocycles. The summed E-state index contributed by atoms with van der Waals surface area (Å²) in [5, 5.41) is 2.95. The number of carbonyl (C=O) groups excluding carboxylic acids is 1. The number of aromatic nitrogens is 3. The van der Waals surface area contributed by atoms with E-state index in [1.165, 1.54) is 5.56 Å². The minimum absolute atomic E-state index is 0.0596. The summed E-state index contributed by atoms with van der Waals surface area (Å²) in [5.41, 5.74) is 4.50. The van der Waals surface area contributed by atoms with Crippen molar-refractivity contribution in [2.75, 3.05) is 6.54 Å². The average Bonchev–Trinajstić information content (AvgIpc) is 3.06. The van der Waals surface area contributed by atoms with Gasteiger partial charge in [-0.15, -0.1) is 0 Å². The van der Waals surface area contributed by atoms with E-state index in [1.54, 1.807) is 15.3 Å². The van der Waals surface area contributed by atoms with Gasteiger partial charge in [0.1, 0.15) is 0 Å². The highest BCUT2D eigenvalue weighted by molar-refractivity contribution is 5.83. The molecule has 0 aliphatic rings. The highest BCUT2D eigenvalue weighted by Crippen LogP contribution is 2.15. The van der Waals surface area contributed by atoms with E-state index in [1.807, 2.05) is 80.6 Å². The lowest BCUT2D eigenvalue weighted by Crippen LogP contribution is -2.34. The third-order valence-corrected chi connectivity index (χ3v) is 5.56. The van der Waals surface area contributed by atoms with Gasteiger partial charge in [0.15, 0.2) is 5.65 Å². The van der Waals surface area contributed by atoms with Crippen molar-refractivity contribution in [3.05, 3.63) is 100 Å². The Labute approximate surface area is 181 Å². The van der Waals surface area contributed by atoms with Gasteiger partial charge in [-0.25, -0.2) is 9.78 Å². The standard InChI is InChI=1S/C25H26N4O2/c1-18-10-12-20(13-11-18)17-29-22-9-6-14-26-23(22)28(25(29)31)16-15-27-24(30)19(2)21-7-4-3-5-8-21/h3-14,19H,15-17H2,1-2H3,(H,27,30)/t19-/m0/s1. The molecule has 0 saturated carbocycles. The van der Waals surface area contributed by atoms with Gasteiger partial charge in [0.05, 0.1) is 18.0 Å². The van der Waals surface area contributed by atoms with Crippen molar-refractivity contribution in [3.63, 3.8) is 0 Å². The number of nitrogens with one attached hydrogen (secondary N) is 1. The van der Waals surface area contributed by atoms with Crippen molar-refractivity contribution >= 4 is 17.1 Å². The molecule has 0 fully saturated rings. The Balaban J connectivity index is 1.51. The molecule has 2 aromatic carbocycles. The van der Waals surface area contributed by atoms with E-state index >= 15 is 0 Å². The van der Waals surface area contributed by atoms with Gasteiger partial charge in [0.25, 0.3) is 0 Å². The molecule has 31 heavy (non-hydrogen) atoms. The number of hydrogen-bond acceptors (Lipinski definition) is 3. The van der Waals surface area contributed by atoms with E-state index in [9.17, 15) is 9.59 Å². The largest absolute Gasteiger partial charge is 0.354 e. The second kappa shape index (κ2) is 9.00. The summed E-state index contributed by atoms with van der Waals surface area (Å²) in [6, 6.07) is 21.6. The van der Waals surface area contributed by atoms with Crippen LogP contribution in [0.3, 0.4) is 0 Å². The number of pyridine rings is 1. The Kier molecular flexibility index (Phi) is 5.98. The van der Waals surface area contributed by atoms with Gasteiger partial charge in [-0.2, -0.15) is 0 Å². The minimum Gasteiger partial charge on any atom is -0.354 e. The van der Waals surface area contributed by atoms with Gasteiger partial charge in [0.2, 0.25) is 5.91 Å². The summed E-state index contributed by atoms with van der Waals surface area (Å²) < 4.78 is 3.37. The summed E-state index contributed by atoms with van der Waals surface area (Å²) in [4.78, 5) is 30.1. The van der Waals surface area contributed by atoms with Crippen LogP contribution in [0.2, 0.25) is 0 Å². The molecule has 1 atom stereocenters. The molecule has 6 nitrogen and oxygen atoms in total. The van der Waals surface area contributed by atoms with E-state index in [4.69, 9.17) is 0 Å². The Morgan fingerprint density at radius 2 is 1.74 bits per heavy atom. The van der Waals surface area contributed by atoms with E-state index in [-0.39, 0.29) is 17.5 Å². The number of amides is 1. The SMILES string of the molecule is Cc1ccc(Cn2c(=O)n(CCNC(=O)[C@@H](C)c3ccccc3)c3ncccc32)cc1. The van der Waals surface area contributed by atoms with Crippen LogP contribution in [0.15, 0.2) is 77.7 Å². The maximum absolute atomic E-state index is 13.2. The van der Waals surface area contributed by atoms with Crippen molar-refractivity contribution in [1.82, 2.24) is 19.4 Å². The first-order chi connectivity index (χ1) is 15.0. The van der Waals surface area contributed by atoms with Crippen molar-refractivity contribution in [2.45, 2.75) is 32.9 Å². The van der Waals surface area contributed by atoms with Crippen LogP contribution in [-0.4, -0.2) is 26.6 Å². The van der Waals surface area contributed by atoms with E-state index in [0.717, 1.165) is 16.6 Å². The van der Waals surface area contributed by atoms with Crippen LogP contribution in [0.4, 0.5) is 0 Å². The fraction of sp³-hybridized carbons (Fsp3) is 0.240. The zero-order valence-electron chi connectivity index (χ0n) is 17.8. The Bertz CT molecular complexity index is 1240. The fourth-order valence-electron chi connectivity index (χ4n) is 3.71. The summed E-state index contributed by atoms with van der Waals surface area (Å²) in [5.74, 6) is -0.311. The highest BCUT2D eigenvalue weighted by atomic mass is 16.2. The number of carbonyl (C=O) groups is 1. The predicted molar refractivity (Wildman–Crippen MR) is 122 cm³/mol. The van der Waals surface area contributed by atoms with Gasteiger partial charge in [-0.1, -0.05) is 60.2 Å². The topological polar surface area (TPSA) is 68.9 Å². The lowest BCUT2D eigenvalue weighted by molar-refractivity contribution is -0.122. The first-order valence-corrected chi connectivity index (χ1v) is 10.5. The lowest BCUT2D eigenvalue weighted by atomic mass is 10.0. The van der Waals surface area contributed by atoms with Crippen molar-refractivity contribution in [2.24, 2.45) is 0 Å². The van der Waals surface area contributed by atoms with Crippen LogP contribution < -0.4 is 11.0 Å². The predicted octanol–water partition coefficient (Wildman–Crippen LogP) is 3.47. The lowest BCUT2D eigenvalue weighted by Gasteiger charge is -2.12. The van der Waals surface area contributed by atoms with Crippen LogP contribution in [0.1, 0.15) is 29.5 Å². The zero-order valence-corrected chi connectivity index (χ0v) is 17.8. The molecule has 0 bridgehead atoms. The summed E-state index contributed by atoms with van der Waals surface area (Å²) >= 11 is 0. The van der Waals surface area contributed by atoms with Gasteiger partial charge in [0, 0.05) is 19.3 Å². The van der Waals surface area contributed by atoms with Crippen molar-refractivity contribution in [3.8, 4) is 0 Å². The highest BCUT2D eigenvalue weighted by Gasteiger charge is 2.17. The molecule has 0 saturated heterocycles. The average molecular weight is 415 g/mol. The Morgan fingerprint density at radius 1 is 1.00 bits per heavy atom. The molecule has 0 aliphatic carbocycles. The van der Waals surface area contributed by atoms with Gasteiger partial charge >= 0.3 is 5.69 Å². The number of benzene rings is 2. The normalized spacial score (nSPS) is 12.1. The molecule has 0 radical (unpaired) electrons. The molecule has 1 amide bonds. The molecule has 0 spiro atoms. The van der Waals surface area contributed by atoms with Gasteiger partial charge in [-0.05, 0) is 37.1 Å². The quantitative estimate of drug-likeness (QED) is 0.503. The van der Waals surface area contributed by atoms with Crippen molar-refractivity contribution in [1.29, 1.82) is 0 Å². The smallest absolute Gasteiger partial charge is 0.330 e. The van der Waals surface area contributed by atoms with Gasteiger partial charge in [-0.3, -0.25) is 13.9 Å². The monoisotopic (exact) mass is 414 g/mol. The van der Waals surface area contributed by atoms with Crippen LogP contribution in [0.5, 0.6) is 0 Å². The van der Waals surface area contributed by atoms with Crippen LogP contribution in [-0.2, 0) is 17.9 Å². The molecule has 4 aromatic rings. The molecule has 2 heterocycles. The summed E-state index contributed by atoms with van der Waals surface area (Å²) in [7, 11) is 0. The van der Waals surface area contributed by atoms with Crippen LogP contribution in [0.25, 0.3) is 11.2 Å². The molecule has 4 rings (SSSR count). The van der Waals surface area contributed by atoms with Gasteiger partial charge < -0.3 is 5.32 Å². The number of hydrogen-bond donors (Lipinski definition) is 1. The number of rotatable bonds is 7. The van der Waals surface area contributed by atoms with E-state index < -0.39 is 0 Å². The summed E-state index contributed by atoms with van der Waals surface area (Å²) in [6.45, 7) is 5.12. The molecular weight excluding hydrogens is 388 g/mol. The molecule has 2 aromatic heterocycles. The third kappa shape index (κ3) is 4.43. The summed E-state index contributed by atoms with van der Waals surface area (Å²) in [6.07, 6.45) is 1.69. The number of aryl methyl sites for hydroxylation is 1. The number of nitrogens with zero attached hydrogens (tertiary/aromatic N) is 3. The van der Waals surface area contributed by atoms with Crippen LogP contribution in [0, 0.1) is 6.92 Å². The molecule has 6 heteroatoms. The minimum atomic E-state index is -0.251. The second-order valence-electron chi connectivity index (χ2n) is 7.78. The van der Waals surface area contributed by atoms with E-state index in [2.05, 4.69) is 10.3 Å². The molecule has 0 unspecified atom stereocenters. The number of imidazole rings is 1. The molecule has 158 valence electrons. The molecule has 1 N–H and O–H groups in total. The third-order valence-electron chi connectivity index (χ3n) is 5.56. The second-order valence-corrected chi connectivity index (χ2v) is 7.78. The number of fused-ring (bicyclic) bond motifs is 1. The maximum Gasteiger partial charge on any atom is 0.330 e. The fourth-order valence-corrected chi connectivity index (χ4v) is 3.71. The molecular formula is C25H26N4O2. The first kappa shape index (κ1) is 20.6. The maximum atomic E-state index is 13.2.